The summed E-state index contributed by atoms with van der Waals surface area (Å²) in [5.74, 6) is 1.88. The van der Waals surface area contributed by atoms with Gasteiger partial charge in [0.15, 0.2) is 17.5 Å². The molecule has 0 fully saturated rings. The second-order valence-corrected chi connectivity index (χ2v) is 37.4. The fraction of sp³-hybridized carbons (Fsp3) is 0.0233. The van der Waals surface area contributed by atoms with Crippen molar-refractivity contribution in [1.29, 1.82) is 0 Å². The summed E-state index contributed by atoms with van der Waals surface area (Å²) in [6.45, 7) is 4.72. The number of aromatic nitrogens is 10. The number of benzene rings is 19. The molecule has 0 radical (unpaired) electrons. The molecule has 1 aliphatic rings. The monoisotopic (exact) mass is 1830 g/mol. The van der Waals surface area contributed by atoms with Gasteiger partial charge in [-0.1, -0.05) is 317 Å². The highest BCUT2D eigenvalue weighted by molar-refractivity contribution is 6.28. The summed E-state index contributed by atoms with van der Waals surface area (Å²) >= 11 is 0. The number of nitrogens with zero attached hydrogens (tertiary/aromatic N) is 10. The molecule has 19 aromatic carbocycles. The maximum atomic E-state index is 6.49. The van der Waals surface area contributed by atoms with Gasteiger partial charge in [0.25, 0.3) is 0 Å². The van der Waals surface area contributed by atoms with Crippen LogP contribution in [0.4, 0.5) is 0 Å². The first-order valence-electron chi connectivity index (χ1n) is 48.3. The molecule has 11 aromatic heterocycles. The zero-order chi connectivity index (χ0) is 94.2. The van der Waals surface area contributed by atoms with Crippen LogP contribution >= 0.6 is 0 Å². The van der Waals surface area contributed by atoms with Gasteiger partial charge in [0.05, 0.1) is 82.8 Å². The first kappa shape index (κ1) is 81.0. The van der Waals surface area contributed by atoms with Gasteiger partial charge in [0, 0.05) is 126 Å². The van der Waals surface area contributed by atoms with Gasteiger partial charge in [-0.2, -0.15) is 15.0 Å². The van der Waals surface area contributed by atoms with Gasteiger partial charge >= 0.3 is 0 Å². The molecule has 0 spiro atoms. The number of fused-ring (bicyclic) bond motifs is 30. The SMILES string of the molecule is CC1(C)c2ccccc2-c2ccc3c(c21)c1ccccc1n3-c1ccc(-c2nc(-c3ccccc3)c3c(n2)oc2ccccc23)cc1.c1ccc(-c2nc(-c3ccc(-n4c5ccccc5c5c4ccc4c6ccccc6n(-c6ccccc6)c45)cc3)nc3oc4ccccc4c23)cc1.c1ccc(-c2nc(-c3cccc(-n4c5ccccc5c5c6oc7ccccc7c6ccc54)c3)nc3oc4ccccc4c23)cc1. The first-order valence-corrected chi connectivity index (χ1v) is 48.3. The van der Waals surface area contributed by atoms with Crippen molar-refractivity contribution in [2.75, 3.05) is 0 Å². The highest BCUT2D eigenvalue weighted by Gasteiger charge is 2.39. The van der Waals surface area contributed by atoms with E-state index in [0.29, 0.717) is 34.6 Å². The van der Waals surface area contributed by atoms with E-state index in [1.54, 1.807) is 0 Å². The van der Waals surface area contributed by atoms with Gasteiger partial charge in [-0.15, -0.1) is 0 Å². The van der Waals surface area contributed by atoms with E-state index in [2.05, 4.69) is 360 Å². The lowest BCUT2D eigenvalue weighted by molar-refractivity contribution is 0.653. The Balaban J connectivity index is 0.000000102. The van der Waals surface area contributed by atoms with E-state index in [1.165, 1.54) is 76.6 Å². The molecule has 14 nitrogen and oxygen atoms in total. The smallest absolute Gasteiger partial charge is 0.231 e. The molecule has 31 rings (SSSR count). The standard InChI is InChI=1S/C46H28N4O.C43H29N3O.C40H23N3O2/c1-3-13-29(14-4-1)43-42-36-19-9-12-22-40(36)51-46(42)48-45(47-43)30-23-25-32(26-24-30)49-38-21-11-8-18-35(38)41-39(49)28-27-34-33-17-7-10-20-37(33)50(44(34)41)31-15-5-2-6-16-31;1-43(2)33-17-9-6-14-29(33)30-24-25-35-37(39(30)43)31-15-7-10-18-34(31)46(35)28-22-20-27(21-23-28)41-44-40(26-12-4-3-5-13-26)38-32-16-8-11-19-36(32)47-42(38)45-41;1-2-11-24(12-3-1)37-36-30-17-6-9-20-34(30)45-40(36)42-39(41-37)25-13-10-14-26(23-25)43-31-18-7-4-16-29(31)35-32(43)22-21-28-27-15-5-8-19-33(27)44-38(28)35/h1-28H;3-25H,1-2H3;1-23H. The molecule has 670 valence electrons. The largest absolute Gasteiger partial charge is 0.455 e. The Morgan fingerprint density at radius 2 is 0.552 bits per heavy atom. The lowest BCUT2D eigenvalue weighted by Crippen LogP contribution is -2.15. The second kappa shape index (κ2) is 32.0. The Hall–Kier alpha value is -19.2. The van der Waals surface area contributed by atoms with Crippen LogP contribution in [0.15, 0.2) is 467 Å². The minimum absolute atomic E-state index is 0.104. The van der Waals surface area contributed by atoms with E-state index in [4.69, 9.17) is 47.6 Å². The van der Waals surface area contributed by atoms with Crippen molar-refractivity contribution < 1.29 is 17.7 Å². The summed E-state index contributed by atoms with van der Waals surface area (Å²) < 4.78 is 34.9. The molecule has 0 N–H and O–H groups in total. The molecule has 14 heteroatoms. The van der Waals surface area contributed by atoms with Crippen molar-refractivity contribution in [2.45, 2.75) is 19.3 Å². The van der Waals surface area contributed by atoms with Crippen molar-refractivity contribution in [1.82, 2.24) is 48.2 Å². The number of hydrogen-bond acceptors (Lipinski definition) is 10. The zero-order valence-electron chi connectivity index (χ0n) is 77.3. The molecule has 0 saturated carbocycles. The number of rotatable bonds is 10. The van der Waals surface area contributed by atoms with Crippen LogP contribution in [0, 0.1) is 0 Å². The molecule has 11 heterocycles. The van der Waals surface area contributed by atoms with Crippen LogP contribution in [0.25, 0.3) is 277 Å². The normalized spacial score (nSPS) is 12.5. The molecular formula is C129H80N10O4. The molecule has 30 aromatic rings. The maximum Gasteiger partial charge on any atom is 0.231 e. The van der Waals surface area contributed by atoms with Crippen LogP contribution in [-0.4, -0.2) is 48.2 Å². The number of furan rings is 4. The van der Waals surface area contributed by atoms with Crippen LogP contribution in [0.2, 0.25) is 0 Å². The zero-order valence-corrected chi connectivity index (χ0v) is 77.3. The summed E-state index contributed by atoms with van der Waals surface area (Å²) in [4.78, 5) is 30.4. The third kappa shape index (κ3) is 12.6. The van der Waals surface area contributed by atoms with Gasteiger partial charge in [-0.3, -0.25) is 0 Å². The van der Waals surface area contributed by atoms with Crippen LogP contribution in [0.5, 0.6) is 0 Å². The summed E-state index contributed by atoms with van der Waals surface area (Å²) in [5.41, 5.74) is 33.4. The molecular weight excluding hydrogens is 1750 g/mol. The Kier molecular flexibility index (Phi) is 18.1. The lowest BCUT2D eigenvalue weighted by Gasteiger charge is -2.22. The lowest BCUT2D eigenvalue weighted by atomic mass is 9.80. The van der Waals surface area contributed by atoms with E-state index < -0.39 is 0 Å². The topological polar surface area (TPSA) is 150 Å². The van der Waals surface area contributed by atoms with Gasteiger partial charge in [0.2, 0.25) is 17.1 Å². The second-order valence-electron chi connectivity index (χ2n) is 37.4. The molecule has 0 bridgehead atoms. The summed E-state index contributed by atoms with van der Waals surface area (Å²) in [6.07, 6.45) is 0. The summed E-state index contributed by atoms with van der Waals surface area (Å²) in [5, 5.41) is 17.9. The van der Waals surface area contributed by atoms with Crippen LogP contribution < -0.4 is 0 Å². The minimum atomic E-state index is -0.104. The van der Waals surface area contributed by atoms with Crippen LogP contribution in [0.1, 0.15) is 25.0 Å². The van der Waals surface area contributed by atoms with Gasteiger partial charge in [-0.25, -0.2) is 15.0 Å². The first-order chi connectivity index (χ1) is 70.7. The molecule has 0 saturated heterocycles. The number of para-hydroxylation sites is 9. The Morgan fingerprint density at radius 3 is 1.06 bits per heavy atom. The average Bonchev–Trinajstić information content (AvgIpc) is 1.54. The Labute approximate surface area is 816 Å². The summed E-state index contributed by atoms with van der Waals surface area (Å²) in [7, 11) is 0. The van der Waals surface area contributed by atoms with E-state index in [0.717, 1.165) is 177 Å². The van der Waals surface area contributed by atoms with Crippen molar-refractivity contribution in [3.8, 4) is 102 Å². The highest BCUT2D eigenvalue weighted by Crippen LogP contribution is 2.55. The van der Waals surface area contributed by atoms with Crippen LogP contribution in [-0.2, 0) is 5.41 Å². The molecule has 0 amide bonds. The fourth-order valence-corrected chi connectivity index (χ4v) is 22.7. The third-order valence-corrected chi connectivity index (χ3v) is 29.0. The highest BCUT2D eigenvalue weighted by atomic mass is 16.3. The van der Waals surface area contributed by atoms with Gasteiger partial charge in [0.1, 0.15) is 27.9 Å². The molecule has 0 aliphatic heterocycles. The van der Waals surface area contributed by atoms with Crippen molar-refractivity contribution in [3.05, 3.63) is 460 Å². The van der Waals surface area contributed by atoms with Gasteiger partial charge in [-0.05, 0) is 168 Å². The van der Waals surface area contributed by atoms with E-state index in [-0.39, 0.29) is 5.41 Å². The minimum Gasteiger partial charge on any atom is -0.455 e. The van der Waals surface area contributed by atoms with E-state index in [9.17, 15) is 0 Å². The average molecular weight is 1830 g/mol. The van der Waals surface area contributed by atoms with E-state index >= 15 is 0 Å². The van der Waals surface area contributed by atoms with E-state index in [1.807, 2.05) is 121 Å². The quantitative estimate of drug-likeness (QED) is 0.129. The Morgan fingerprint density at radius 1 is 0.203 bits per heavy atom. The van der Waals surface area contributed by atoms with Crippen LogP contribution in [0.3, 0.4) is 0 Å². The van der Waals surface area contributed by atoms with Crippen molar-refractivity contribution in [2.24, 2.45) is 0 Å². The molecule has 1 aliphatic carbocycles. The molecule has 0 unspecified atom stereocenters. The molecule has 0 atom stereocenters. The Bertz CT molecular complexity index is 10500. The predicted octanol–water partition coefficient (Wildman–Crippen LogP) is 33.7. The maximum absolute atomic E-state index is 6.49. The van der Waals surface area contributed by atoms with Crippen molar-refractivity contribution >= 4 is 175 Å². The predicted molar refractivity (Wildman–Crippen MR) is 583 cm³/mol. The summed E-state index contributed by atoms with van der Waals surface area (Å²) in [6, 6.07) is 157. The number of hydrogen-bond donors (Lipinski definition) is 0. The third-order valence-electron chi connectivity index (χ3n) is 29.0. The fourth-order valence-electron chi connectivity index (χ4n) is 22.7. The van der Waals surface area contributed by atoms with Gasteiger partial charge < -0.3 is 35.9 Å². The van der Waals surface area contributed by atoms with Crippen molar-refractivity contribution in [3.63, 3.8) is 0 Å². The molecule has 143 heavy (non-hydrogen) atoms.